The molecule has 2 aliphatic heterocycles. The van der Waals surface area contributed by atoms with Gasteiger partial charge in [0.15, 0.2) is 0 Å². The van der Waals surface area contributed by atoms with Gasteiger partial charge < -0.3 is 19.3 Å². The molecular formula is C24H28BrFN2O3. The molecule has 0 unspecified atom stereocenters. The summed E-state index contributed by atoms with van der Waals surface area (Å²) in [5, 5.41) is 0. The van der Waals surface area contributed by atoms with Gasteiger partial charge in [-0.2, -0.15) is 0 Å². The zero-order chi connectivity index (χ0) is 22.2. The van der Waals surface area contributed by atoms with Crippen LogP contribution in [0.2, 0.25) is 0 Å². The van der Waals surface area contributed by atoms with Crippen LogP contribution in [0, 0.1) is 5.82 Å². The maximum Gasteiger partial charge on any atom is 0.410 e. The lowest BCUT2D eigenvalue weighted by Crippen LogP contribution is -2.38. The molecule has 0 saturated heterocycles. The van der Waals surface area contributed by atoms with Crippen molar-refractivity contribution in [3.63, 3.8) is 0 Å². The number of hydrogen-bond donors (Lipinski definition) is 0. The summed E-state index contributed by atoms with van der Waals surface area (Å²) in [6.45, 7) is 8.77. The molecule has 0 radical (unpaired) electrons. The number of rotatable bonds is 2. The highest BCUT2D eigenvalue weighted by atomic mass is 79.9. The molecule has 7 heteroatoms. The van der Waals surface area contributed by atoms with E-state index in [1.807, 2.05) is 26.8 Å². The maximum atomic E-state index is 13.7. The van der Waals surface area contributed by atoms with Gasteiger partial charge >= 0.3 is 6.09 Å². The molecular weight excluding hydrogens is 463 g/mol. The van der Waals surface area contributed by atoms with Crippen LogP contribution in [-0.2, 0) is 24.1 Å². The van der Waals surface area contributed by atoms with E-state index in [1.54, 1.807) is 17.0 Å². The zero-order valence-electron chi connectivity index (χ0n) is 18.2. The normalized spacial score (nSPS) is 16.2. The van der Waals surface area contributed by atoms with Crippen molar-refractivity contribution in [1.29, 1.82) is 0 Å². The summed E-state index contributed by atoms with van der Waals surface area (Å²) in [5.41, 5.74) is 3.79. The Morgan fingerprint density at radius 2 is 1.97 bits per heavy atom. The van der Waals surface area contributed by atoms with Gasteiger partial charge in [0.1, 0.15) is 23.8 Å². The van der Waals surface area contributed by atoms with Gasteiger partial charge in [0, 0.05) is 24.1 Å². The van der Waals surface area contributed by atoms with E-state index in [0.717, 1.165) is 40.9 Å². The van der Waals surface area contributed by atoms with Crippen molar-refractivity contribution in [1.82, 2.24) is 4.90 Å². The van der Waals surface area contributed by atoms with E-state index in [2.05, 4.69) is 26.9 Å². The predicted molar refractivity (Wildman–Crippen MR) is 122 cm³/mol. The van der Waals surface area contributed by atoms with Gasteiger partial charge in [-0.05, 0) is 84.4 Å². The first kappa shape index (κ1) is 21.9. The van der Waals surface area contributed by atoms with E-state index in [9.17, 15) is 9.18 Å². The molecule has 31 heavy (non-hydrogen) atoms. The zero-order valence-corrected chi connectivity index (χ0v) is 19.8. The maximum absolute atomic E-state index is 13.7. The van der Waals surface area contributed by atoms with Crippen molar-refractivity contribution >= 4 is 27.7 Å². The second-order valence-electron chi connectivity index (χ2n) is 9.04. The Kier molecular flexibility index (Phi) is 6.15. The highest BCUT2D eigenvalue weighted by Gasteiger charge is 2.29. The molecule has 5 nitrogen and oxygen atoms in total. The minimum absolute atomic E-state index is 0.228. The number of ether oxygens (including phenoxy) is 2. The highest BCUT2D eigenvalue weighted by Crippen LogP contribution is 2.44. The van der Waals surface area contributed by atoms with E-state index in [1.165, 1.54) is 17.2 Å². The lowest BCUT2D eigenvalue weighted by atomic mass is 10.00. The molecule has 0 fully saturated rings. The minimum Gasteiger partial charge on any atom is -0.490 e. The van der Waals surface area contributed by atoms with Crippen molar-refractivity contribution in [2.24, 2.45) is 0 Å². The minimum atomic E-state index is -0.513. The van der Waals surface area contributed by atoms with E-state index in [0.29, 0.717) is 26.2 Å². The lowest BCUT2D eigenvalue weighted by Gasteiger charge is -2.33. The van der Waals surface area contributed by atoms with Crippen molar-refractivity contribution in [2.75, 3.05) is 31.1 Å². The fourth-order valence-corrected chi connectivity index (χ4v) is 5.02. The van der Waals surface area contributed by atoms with Gasteiger partial charge in [-0.3, -0.25) is 0 Å². The molecule has 1 amide bonds. The molecule has 0 aliphatic carbocycles. The molecule has 0 atom stereocenters. The largest absolute Gasteiger partial charge is 0.490 e. The van der Waals surface area contributed by atoms with Crippen LogP contribution in [0.1, 0.15) is 37.5 Å². The van der Waals surface area contributed by atoms with Gasteiger partial charge in [0.05, 0.1) is 12.2 Å². The van der Waals surface area contributed by atoms with E-state index in [-0.39, 0.29) is 11.9 Å². The Bertz CT molecular complexity index is 990. The molecule has 0 N–H and O–H groups in total. The van der Waals surface area contributed by atoms with Crippen LogP contribution in [0.25, 0.3) is 0 Å². The van der Waals surface area contributed by atoms with Gasteiger partial charge in [-0.15, -0.1) is 0 Å². The number of anilines is 1. The summed E-state index contributed by atoms with van der Waals surface area (Å²) in [6.07, 6.45) is 1.20. The summed E-state index contributed by atoms with van der Waals surface area (Å²) in [6, 6.07) is 8.82. The van der Waals surface area contributed by atoms with Gasteiger partial charge in [-0.1, -0.05) is 12.1 Å². The third-order valence-electron chi connectivity index (χ3n) is 5.53. The number of carbonyl (C=O) groups excluding carboxylic acids is 1. The monoisotopic (exact) mass is 490 g/mol. The van der Waals surface area contributed by atoms with E-state index in [4.69, 9.17) is 9.47 Å². The summed E-state index contributed by atoms with van der Waals surface area (Å²) in [7, 11) is 0. The van der Waals surface area contributed by atoms with E-state index >= 15 is 0 Å². The molecule has 2 aromatic carbocycles. The van der Waals surface area contributed by atoms with Crippen LogP contribution >= 0.6 is 15.9 Å². The number of nitrogens with zero attached hydrogens (tertiary/aromatic N) is 2. The number of fused-ring (bicyclic) bond motifs is 2. The van der Waals surface area contributed by atoms with Crippen LogP contribution in [0.3, 0.4) is 0 Å². The first-order valence-corrected chi connectivity index (χ1v) is 11.4. The van der Waals surface area contributed by atoms with E-state index < -0.39 is 5.60 Å². The molecule has 0 spiro atoms. The molecule has 2 aliphatic rings. The predicted octanol–water partition coefficient (Wildman–Crippen LogP) is 5.32. The smallest absolute Gasteiger partial charge is 0.410 e. The fraction of sp³-hybridized carbons (Fsp3) is 0.458. The third kappa shape index (κ3) is 4.97. The van der Waals surface area contributed by atoms with Crippen molar-refractivity contribution < 1.29 is 18.7 Å². The summed E-state index contributed by atoms with van der Waals surface area (Å²) in [5.74, 6) is 0.605. The number of benzene rings is 2. The molecule has 0 saturated carbocycles. The molecule has 0 aromatic heterocycles. The molecule has 2 aromatic rings. The first-order chi connectivity index (χ1) is 14.7. The molecule has 166 valence electrons. The van der Waals surface area contributed by atoms with Crippen LogP contribution in [0.5, 0.6) is 5.75 Å². The van der Waals surface area contributed by atoms with Gasteiger partial charge in [-0.25, -0.2) is 9.18 Å². The first-order valence-electron chi connectivity index (χ1n) is 10.7. The van der Waals surface area contributed by atoms with Gasteiger partial charge in [0.2, 0.25) is 0 Å². The molecule has 2 heterocycles. The average molecular weight is 491 g/mol. The fourth-order valence-electron chi connectivity index (χ4n) is 4.12. The summed E-state index contributed by atoms with van der Waals surface area (Å²) in [4.78, 5) is 16.6. The Morgan fingerprint density at radius 1 is 1.19 bits per heavy atom. The number of halogens is 2. The van der Waals surface area contributed by atoms with Crippen molar-refractivity contribution in [2.45, 2.75) is 45.8 Å². The standard InChI is InChI=1S/C24H28BrFN2O3/c1-24(2,3)31-23(29)27-9-7-17-14-20-22(21(25)19(17)8-10-27)28(11-12-30-20)15-16-5-4-6-18(26)13-16/h4-6,13-14H,7-12,15H2,1-3H3. The highest BCUT2D eigenvalue weighted by molar-refractivity contribution is 9.10. The summed E-state index contributed by atoms with van der Waals surface area (Å²) < 4.78 is 26.2. The second kappa shape index (κ2) is 8.69. The van der Waals surface area contributed by atoms with Crippen LogP contribution in [0.4, 0.5) is 14.9 Å². The topological polar surface area (TPSA) is 42.0 Å². The molecule has 4 rings (SSSR count). The SMILES string of the molecule is CC(C)(C)OC(=O)N1CCc2cc3c(c(Br)c2CC1)N(Cc1cccc(F)c1)CCO3. The quantitative estimate of drug-likeness (QED) is 0.570. The average Bonchev–Trinajstić information content (AvgIpc) is 2.90. The lowest BCUT2D eigenvalue weighted by molar-refractivity contribution is 0.0258. The second-order valence-corrected chi connectivity index (χ2v) is 9.84. The number of carbonyl (C=O) groups is 1. The van der Waals surface area contributed by atoms with Crippen LogP contribution < -0.4 is 9.64 Å². The Hall–Kier alpha value is -2.28. The Morgan fingerprint density at radius 3 is 2.71 bits per heavy atom. The van der Waals surface area contributed by atoms with Crippen LogP contribution in [0.15, 0.2) is 34.8 Å². The van der Waals surface area contributed by atoms with Crippen molar-refractivity contribution in [3.05, 3.63) is 57.3 Å². The number of amides is 1. The Balaban J connectivity index is 1.59. The summed E-state index contributed by atoms with van der Waals surface area (Å²) >= 11 is 3.83. The molecule has 0 bridgehead atoms. The van der Waals surface area contributed by atoms with Gasteiger partial charge in [0.25, 0.3) is 0 Å². The van der Waals surface area contributed by atoms with Crippen molar-refractivity contribution in [3.8, 4) is 5.75 Å². The Labute approximate surface area is 191 Å². The third-order valence-corrected chi connectivity index (χ3v) is 6.39. The van der Waals surface area contributed by atoms with Crippen LogP contribution in [-0.4, -0.2) is 42.8 Å². The number of hydrogen-bond acceptors (Lipinski definition) is 4.